The number of ether oxygens (including phenoxy) is 3. The van der Waals surface area contributed by atoms with Gasteiger partial charge in [0.05, 0.1) is 12.7 Å². The van der Waals surface area contributed by atoms with Gasteiger partial charge in [-0.2, -0.15) is 4.31 Å². The minimum atomic E-state index is -3.85. The van der Waals surface area contributed by atoms with Crippen molar-refractivity contribution in [3.05, 3.63) is 23.8 Å². The van der Waals surface area contributed by atoms with Crippen LogP contribution in [0.3, 0.4) is 0 Å². The van der Waals surface area contributed by atoms with Crippen molar-refractivity contribution in [3.63, 3.8) is 0 Å². The lowest BCUT2D eigenvalue weighted by Crippen LogP contribution is -2.42. The van der Waals surface area contributed by atoms with Crippen LogP contribution in [0.1, 0.15) is 49.9 Å². The predicted molar refractivity (Wildman–Crippen MR) is 99.6 cm³/mol. The Morgan fingerprint density at radius 2 is 2.00 bits per heavy atom. The number of hydrogen-bond acceptors (Lipinski definition) is 7. The molecule has 0 aromatic heterocycles. The number of piperidine rings is 1. The summed E-state index contributed by atoms with van der Waals surface area (Å²) in [5.74, 6) is -1.21. The molecular formula is C19H25NO7S. The van der Waals surface area contributed by atoms with Gasteiger partial charge in [-0.05, 0) is 44.9 Å². The number of methoxy groups -OCH3 is 1. The Morgan fingerprint density at radius 1 is 1.25 bits per heavy atom. The van der Waals surface area contributed by atoms with Crippen LogP contribution in [-0.2, 0) is 24.3 Å². The fourth-order valence-electron chi connectivity index (χ4n) is 3.57. The second-order valence-electron chi connectivity index (χ2n) is 7.20. The maximum absolute atomic E-state index is 13.2. The minimum absolute atomic E-state index is 0.0383. The summed E-state index contributed by atoms with van der Waals surface area (Å²) in [6.45, 7) is 4.00. The molecule has 28 heavy (non-hydrogen) atoms. The van der Waals surface area contributed by atoms with Gasteiger partial charge in [0.25, 0.3) is 0 Å². The van der Waals surface area contributed by atoms with E-state index < -0.39 is 28.1 Å². The first-order valence-electron chi connectivity index (χ1n) is 9.35. The molecule has 0 N–H and O–H groups in total. The molecule has 2 saturated heterocycles. The third-order valence-corrected chi connectivity index (χ3v) is 7.14. The third kappa shape index (κ3) is 4.00. The van der Waals surface area contributed by atoms with Gasteiger partial charge in [0.2, 0.25) is 16.1 Å². The molecule has 0 unspecified atom stereocenters. The summed E-state index contributed by atoms with van der Waals surface area (Å²) in [4.78, 5) is 24.1. The van der Waals surface area contributed by atoms with Crippen LogP contribution in [0.4, 0.5) is 0 Å². The number of carbonyl (C=O) groups excluding carboxylic acids is 2. The van der Waals surface area contributed by atoms with E-state index in [1.54, 1.807) is 6.92 Å². The van der Waals surface area contributed by atoms with Gasteiger partial charge < -0.3 is 14.2 Å². The molecule has 2 fully saturated rings. The van der Waals surface area contributed by atoms with E-state index >= 15 is 0 Å². The minimum Gasteiger partial charge on any atom is -0.495 e. The topological polar surface area (TPSA) is 99.2 Å². The molecule has 0 bridgehead atoms. The summed E-state index contributed by atoms with van der Waals surface area (Å²) in [5, 5.41) is 0. The SMILES string of the molecule is COc1ccc(C(=O)O[C@@H]2C[C@@H](C)OC2=O)cc1S(=O)(=O)N1CCCC[C@@H]1C. The zero-order chi connectivity index (χ0) is 20.5. The van der Waals surface area contributed by atoms with Crippen LogP contribution in [0.5, 0.6) is 5.75 Å². The average Bonchev–Trinajstić information content (AvgIpc) is 2.98. The summed E-state index contributed by atoms with van der Waals surface area (Å²) < 4.78 is 43.3. The van der Waals surface area contributed by atoms with E-state index in [0.717, 1.165) is 19.3 Å². The van der Waals surface area contributed by atoms with Gasteiger partial charge in [0, 0.05) is 19.0 Å². The summed E-state index contributed by atoms with van der Waals surface area (Å²) in [6.07, 6.45) is 1.52. The van der Waals surface area contributed by atoms with E-state index in [9.17, 15) is 18.0 Å². The number of nitrogens with zero attached hydrogens (tertiary/aromatic N) is 1. The van der Waals surface area contributed by atoms with Gasteiger partial charge in [0.1, 0.15) is 16.7 Å². The Balaban J connectivity index is 1.89. The summed E-state index contributed by atoms with van der Waals surface area (Å²) in [5.41, 5.74) is 0.0383. The third-order valence-electron chi connectivity index (χ3n) is 5.10. The van der Waals surface area contributed by atoms with Crippen LogP contribution >= 0.6 is 0 Å². The quantitative estimate of drug-likeness (QED) is 0.684. The van der Waals surface area contributed by atoms with Crippen molar-refractivity contribution in [1.82, 2.24) is 4.31 Å². The predicted octanol–water partition coefficient (Wildman–Crippen LogP) is 2.12. The first-order valence-corrected chi connectivity index (χ1v) is 10.8. The number of cyclic esters (lactones) is 1. The Labute approximate surface area is 164 Å². The molecule has 0 radical (unpaired) electrons. The Hall–Kier alpha value is -2.13. The van der Waals surface area contributed by atoms with Gasteiger partial charge in [0.15, 0.2) is 0 Å². The molecule has 2 heterocycles. The van der Waals surface area contributed by atoms with E-state index in [1.807, 2.05) is 6.92 Å². The number of esters is 2. The summed E-state index contributed by atoms with van der Waals surface area (Å²) in [6, 6.07) is 3.97. The molecule has 3 rings (SSSR count). The van der Waals surface area contributed by atoms with Gasteiger partial charge in [-0.3, -0.25) is 0 Å². The molecule has 0 aliphatic carbocycles. The maximum atomic E-state index is 13.2. The van der Waals surface area contributed by atoms with E-state index in [2.05, 4.69) is 0 Å². The van der Waals surface area contributed by atoms with E-state index in [4.69, 9.17) is 14.2 Å². The van der Waals surface area contributed by atoms with Gasteiger partial charge in [-0.1, -0.05) is 6.42 Å². The molecule has 2 aliphatic heterocycles. The maximum Gasteiger partial charge on any atom is 0.347 e. The highest BCUT2D eigenvalue weighted by Crippen LogP contribution is 2.32. The molecule has 8 nitrogen and oxygen atoms in total. The van der Waals surface area contributed by atoms with Crippen molar-refractivity contribution in [3.8, 4) is 5.75 Å². The highest BCUT2D eigenvalue weighted by atomic mass is 32.2. The summed E-state index contributed by atoms with van der Waals surface area (Å²) in [7, 11) is -2.47. The number of carbonyl (C=O) groups is 2. The monoisotopic (exact) mass is 411 g/mol. The highest BCUT2D eigenvalue weighted by Gasteiger charge is 2.37. The Bertz CT molecular complexity index is 867. The molecule has 1 aromatic carbocycles. The number of hydrogen-bond donors (Lipinski definition) is 0. The molecule has 9 heteroatoms. The second kappa shape index (κ2) is 8.08. The van der Waals surface area contributed by atoms with Crippen LogP contribution in [-0.4, -0.2) is 56.6 Å². The molecule has 0 saturated carbocycles. The lowest BCUT2D eigenvalue weighted by Gasteiger charge is -2.32. The van der Waals surface area contributed by atoms with Crippen molar-refractivity contribution >= 4 is 22.0 Å². The van der Waals surface area contributed by atoms with Crippen molar-refractivity contribution in [2.45, 2.75) is 62.7 Å². The van der Waals surface area contributed by atoms with Crippen LogP contribution in [0.25, 0.3) is 0 Å². The Kier molecular flexibility index (Phi) is 5.95. The molecule has 0 spiro atoms. The lowest BCUT2D eigenvalue weighted by atomic mass is 10.1. The zero-order valence-electron chi connectivity index (χ0n) is 16.2. The highest BCUT2D eigenvalue weighted by molar-refractivity contribution is 7.89. The zero-order valence-corrected chi connectivity index (χ0v) is 17.0. The molecular weight excluding hydrogens is 386 g/mol. The van der Waals surface area contributed by atoms with Crippen LogP contribution in [0, 0.1) is 0 Å². The molecule has 2 aliphatic rings. The Morgan fingerprint density at radius 3 is 2.61 bits per heavy atom. The summed E-state index contributed by atoms with van der Waals surface area (Å²) >= 11 is 0. The lowest BCUT2D eigenvalue weighted by molar-refractivity contribution is -0.147. The van der Waals surface area contributed by atoms with Gasteiger partial charge in [-0.15, -0.1) is 0 Å². The largest absolute Gasteiger partial charge is 0.495 e. The van der Waals surface area contributed by atoms with Crippen molar-refractivity contribution in [2.75, 3.05) is 13.7 Å². The first-order chi connectivity index (χ1) is 13.2. The second-order valence-corrected chi connectivity index (χ2v) is 9.06. The number of benzene rings is 1. The molecule has 1 aromatic rings. The first kappa shape index (κ1) is 20.6. The fraction of sp³-hybridized carbons (Fsp3) is 0.579. The van der Waals surface area contributed by atoms with E-state index in [-0.39, 0.29) is 34.8 Å². The molecule has 154 valence electrons. The standard InChI is InChI=1S/C19H25NO7S/c1-12-6-4-5-9-20(12)28(23,24)17-11-14(7-8-15(17)25-3)18(21)27-16-10-13(2)26-19(16)22/h7-8,11-13,16H,4-6,9-10H2,1-3H3/t12-,13+,16+/m0/s1. The van der Waals surface area contributed by atoms with Crippen molar-refractivity contribution in [1.29, 1.82) is 0 Å². The molecule has 0 amide bonds. The van der Waals surface area contributed by atoms with Crippen LogP contribution in [0.15, 0.2) is 23.1 Å². The normalized spacial score (nSPS) is 26.0. The average molecular weight is 411 g/mol. The van der Waals surface area contributed by atoms with Gasteiger partial charge >= 0.3 is 11.9 Å². The van der Waals surface area contributed by atoms with E-state index in [1.165, 1.54) is 29.6 Å². The van der Waals surface area contributed by atoms with E-state index in [0.29, 0.717) is 6.54 Å². The number of rotatable bonds is 5. The number of sulfonamides is 1. The van der Waals surface area contributed by atoms with Gasteiger partial charge in [-0.25, -0.2) is 18.0 Å². The van der Waals surface area contributed by atoms with Crippen molar-refractivity contribution < 1.29 is 32.2 Å². The van der Waals surface area contributed by atoms with Crippen LogP contribution in [0.2, 0.25) is 0 Å². The molecule has 3 atom stereocenters. The van der Waals surface area contributed by atoms with Crippen molar-refractivity contribution in [2.24, 2.45) is 0 Å². The fourth-order valence-corrected chi connectivity index (χ4v) is 5.46. The van der Waals surface area contributed by atoms with Crippen LogP contribution < -0.4 is 4.74 Å². The smallest absolute Gasteiger partial charge is 0.347 e.